The lowest BCUT2D eigenvalue weighted by atomic mass is 10.00. The van der Waals surface area contributed by atoms with E-state index in [0.29, 0.717) is 26.7 Å². The summed E-state index contributed by atoms with van der Waals surface area (Å²) in [6.45, 7) is 5.51. The molecule has 7 nitrogen and oxygen atoms in total. The monoisotopic (exact) mass is 482 g/mol. The second-order valence-electron chi connectivity index (χ2n) is 8.40. The molecule has 0 saturated heterocycles. The van der Waals surface area contributed by atoms with Crippen LogP contribution in [0, 0.1) is 0 Å². The molecule has 31 heavy (non-hydrogen) atoms. The van der Waals surface area contributed by atoms with Crippen LogP contribution in [-0.4, -0.2) is 34.4 Å². The Kier molecular flexibility index (Phi) is 5.54. The van der Waals surface area contributed by atoms with E-state index in [2.05, 4.69) is 0 Å². The summed E-state index contributed by atoms with van der Waals surface area (Å²) < 4.78 is 11.2. The van der Waals surface area contributed by atoms with Crippen molar-refractivity contribution >= 4 is 57.3 Å². The average Bonchev–Trinajstić information content (AvgIpc) is 3.16. The highest BCUT2D eigenvalue weighted by molar-refractivity contribution is 7.16. The maximum atomic E-state index is 13.1. The van der Waals surface area contributed by atoms with Gasteiger partial charge in [-0.15, -0.1) is 11.3 Å². The van der Waals surface area contributed by atoms with Gasteiger partial charge in [-0.1, -0.05) is 23.2 Å². The molecule has 2 N–H and O–H groups in total. The van der Waals surface area contributed by atoms with E-state index in [0.717, 1.165) is 9.78 Å². The molecule has 1 aromatic carbocycles. The molecule has 4 rings (SSSR count). The van der Waals surface area contributed by atoms with Gasteiger partial charge < -0.3 is 15.2 Å². The predicted octanol–water partition coefficient (Wildman–Crippen LogP) is 4.22. The van der Waals surface area contributed by atoms with Crippen LogP contribution in [0.1, 0.15) is 57.5 Å². The van der Waals surface area contributed by atoms with E-state index < -0.39 is 29.5 Å². The second kappa shape index (κ2) is 7.78. The Hall–Kier alpha value is -2.13. The van der Waals surface area contributed by atoms with Gasteiger partial charge in [0.25, 0.3) is 11.8 Å². The largest absolute Gasteiger partial charge is 0.456 e. The number of hydrogen-bond donors (Lipinski definition) is 1. The summed E-state index contributed by atoms with van der Waals surface area (Å²) in [5.74, 6) is -1.48. The summed E-state index contributed by atoms with van der Waals surface area (Å²) in [6, 6.07) is 3.05. The van der Waals surface area contributed by atoms with E-state index in [1.54, 1.807) is 26.8 Å². The number of esters is 1. The zero-order valence-electron chi connectivity index (χ0n) is 17.1. The van der Waals surface area contributed by atoms with Crippen molar-refractivity contribution < 1.29 is 23.9 Å². The van der Waals surface area contributed by atoms with Crippen LogP contribution in [0.15, 0.2) is 12.1 Å². The number of hydrogen-bond acceptors (Lipinski definition) is 7. The molecule has 0 fully saturated rings. The Labute approximate surface area is 193 Å². The summed E-state index contributed by atoms with van der Waals surface area (Å²) >= 11 is 13.3. The summed E-state index contributed by atoms with van der Waals surface area (Å²) in [5.41, 5.74) is 7.26. The van der Waals surface area contributed by atoms with Gasteiger partial charge in [0.2, 0.25) is 0 Å². The van der Waals surface area contributed by atoms with Crippen molar-refractivity contribution in [1.29, 1.82) is 0 Å². The van der Waals surface area contributed by atoms with Crippen molar-refractivity contribution in [3.8, 4) is 0 Å². The molecule has 2 aliphatic heterocycles. The normalized spacial score (nSPS) is 18.0. The number of carbonyl (C=O) groups excluding carboxylic acids is 3. The SMILES string of the molecule is CC(C)(C)OC(=O)c1c(N)sc2c1CC(C(=O)N1Cc3cc(Cl)c(Cl)cc3C1=O)OC2. The van der Waals surface area contributed by atoms with Crippen molar-refractivity contribution in [2.45, 2.75) is 52.0 Å². The maximum absolute atomic E-state index is 13.1. The number of nitrogens with two attached hydrogens (primary N) is 1. The first kappa shape index (κ1) is 22.1. The predicted molar refractivity (Wildman–Crippen MR) is 118 cm³/mol. The first-order chi connectivity index (χ1) is 14.5. The topological polar surface area (TPSA) is 98.9 Å². The van der Waals surface area contributed by atoms with E-state index >= 15 is 0 Å². The summed E-state index contributed by atoms with van der Waals surface area (Å²) in [7, 11) is 0. The fourth-order valence-corrected chi connectivity index (χ4v) is 5.01. The van der Waals surface area contributed by atoms with Gasteiger partial charge in [0.1, 0.15) is 16.7 Å². The lowest BCUT2D eigenvalue weighted by molar-refractivity contribution is -0.142. The van der Waals surface area contributed by atoms with Gasteiger partial charge in [0.05, 0.1) is 28.8 Å². The molecule has 2 aromatic rings. The summed E-state index contributed by atoms with van der Waals surface area (Å²) in [5, 5.41) is 0.888. The number of amides is 2. The van der Waals surface area contributed by atoms with Crippen LogP contribution in [0.3, 0.4) is 0 Å². The average molecular weight is 483 g/mol. The lowest BCUT2D eigenvalue weighted by Crippen LogP contribution is -2.43. The fraction of sp³-hybridized carbons (Fsp3) is 0.381. The van der Waals surface area contributed by atoms with Crippen LogP contribution in [0.2, 0.25) is 10.0 Å². The number of benzene rings is 1. The molecule has 0 bridgehead atoms. The Morgan fingerprint density at radius 2 is 1.94 bits per heavy atom. The number of imide groups is 1. The highest BCUT2D eigenvalue weighted by Gasteiger charge is 2.40. The smallest absolute Gasteiger partial charge is 0.341 e. The molecular formula is C21H20Cl2N2O5S. The Morgan fingerprint density at radius 1 is 1.26 bits per heavy atom. The molecular weight excluding hydrogens is 463 g/mol. The molecule has 164 valence electrons. The minimum absolute atomic E-state index is 0.0846. The molecule has 10 heteroatoms. The van der Waals surface area contributed by atoms with E-state index in [-0.39, 0.29) is 30.2 Å². The quantitative estimate of drug-likeness (QED) is 0.508. The third-order valence-electron chi connectivity index (χ3n) is 5.02. The second-order valence-corrected chi connectivity index (χ2v) is 10.4. The number of carbonyl (C=O) groups is 3. The molecule has 0 saturated carbocycles. The van der Waals surface area contributed by atoms with Gasteiger partial charge in [0.15, 0.2) is 0 Å². The van der Waals surface area contributed by atoms with E-state index in [9.17, 15) is 14.4 Å². The number of halogens is 2. The van der Waals surface area contributed by atoms with Gasteiger partial charge in [-0.2, -0.15) is 0 Å². The zero-order chi connectivity index (χ0) is 22.7. The number of fused-ring (bicyclic) bond motifs is 2. The van der Waals surface area contributed by atoms with Gasteiger partial charge in [-0.3, -0.25) is 14.5 Å². The Morgan fingerprint density at radius 3 is 2.61 bits per heavy atom. The molecule has 2 amide bonds. The van der Waals surface area contributed by atoms with Crippen molar-refractivity contribution in [2.75, 3.05) is 5.73 Å². The lowest BCUT2D eigenvalue weighted by Gasteiger charge is -2.26. The van der Waals surface area contributed by atoms with Crippen LogP contribution in [0.5, 0.6) is 0 Å². The summed E-state index contributed by atoms with van der Waals surface area (Å²) in [6.07, 6.45) is -0.801. The highest BCUT2D eigenvalue weighted by atomic mass is 35.5. The molecule has 0 spiro atoms. The number of nitrogens with zero attached hydrogens (tertiary/aromatic N) is 1. The molecule has 0 aliphatic carbocycles. The van der Waals surface area contributed by atoms with Gasteiger partial charge in [-0.25, -0.2) is 4.79 Å². The van der Waals surface area contributed by atoms with Gasteiger partial charge in [-0.05, 0) is 44.0 Å². The van der Waals surface area contributed by atoms with Crippen molar-refractivity contribution in [1.82, 2.24) is 4.90 Å². The van der Waals surface area contributed by atoms with E-state index in [1.807, 2.05) is 0 Å². The number of ether oxygens (including phenoxy) is 2. The Balaban J connectivity index is 1.57. The van der Waals surface area contributed by atoms with Crippen molar-refractivity contribution in [3.05, 3.63) is 49.3 Å². The summed E-state index contributed by atoms with van der Waals surface area (Å²) in [4.78, 5) is 40.5. The third kappa shape index (κ3) is 4.05. The van der Waals surface area contributed by atoms with Crippen LogP contribution >= 0.6 is 34.5 Å². The molecule has 1 aromatic heterocycles. The van der Waals surface area contributed by atoms with E-state index in [1.165, 1.54) is 17.4 Å². The van der Waals surface area contributed by atoms with Crippen molar-refractivity contribution in [3.63, 3.8) is 0 Å². The third-order valence-corrected chi connectivity index (χ3v) is 6.77. The Bertz CT molecular complexity index is 1120. The fourth-order valence-electron chi connectivity index (χ4n) is 3.66. The molecule has 3 heterocycles. The van der Waals surface area contributed by atoms with Gasteiger partial charge >= 0.3 is 5.97 Å². The maximum Gasteiger partial charge on any atom is 0.341 e. The van der Waals surface area contributed by atoms with Crippen LogP contribution in [-0.2, 0) is 33.8 Å². The standard InChI is InChI=1S/C21H20Cl2N2O5S/c1-21(2,3)30-20(28)16-11-6-14(29-8-15(11)31-17(16)24)19(27)25-7-9-4-12(22)13(23)5-10(9)18(25)26/h4-5,14H,6-8,24H2,1-3H3. The highest BCUT2D eigenvalue weighted by Crippen LogP contribution is 2.38. The van der Waals surface area contributed by atoms with Crippen LogP contribution < -0.4 is 5.73 Å². The molecule has 1 unspecified atom stereocenters. The molecule has 2 aliphatic rings. The number of anilines is 1. The minimum atomic E-state index is -0.924. The van der Waals surface area contributed by atoms with Crippen molar-refractivity contribution in [2.24, 2.45) is 0 Å². The van der Waals surface area contributed by atoms with Crippen LogP contribution in [0.4, 0.5) is 5.00 Å². The number of thiophene rings is 1. The van der Waals surface area contributed by atoms with Gasteiger partial charge in [0, 0.05) is 16.9 Å². The van der Waals surface area contributed by atoms with E-state index in [4.69, 9.17) is 38.4 Å². The number of nitrogen functional groups attached to an aromatic ring is 1. The minimum Gasteiger partial charge on any atom is -0.456 e. The molecule has 0 radical (unpaired) electrons. The first-order valence-corrected chi connectivity index (χ1v) is 11.1. The van der Waals surface area contributed by atoms with Crippen LogP contribution in [0.25, 0.3) is 0 Å². The molecule has 1 atom stereocenters. The number of rotatable bonds is 2. The first-order valence-electron chi connectivity index (χ1n) is 9.55. The zero-order valence-corrected chi connectivity index (χ0v) is 19.4.